The minimum atomic E-state index is -1.28. The lowest BCUT2D eigenvalue weighted by Crippen LogP contribution is -2.19. The molecule has 0 unspecified atom stereocenters. The average Bonchev–Trinajstić information content (AvgIpc) is 2.79. The molecule has 4 aromatic carbocycles. The summed E-state index contributed by atoms with van der Waals surface area (Å²) in [6, 6.07) is 29.5. The molecule has 0 heterocycles. The van der Waals surface area contributed by atoms with Gasteiger partial charge in [0.25, 0.3) is 0 Å². The van der Waals surface area contributed by atoms with Crippen LogP contribution in [0.2, 0.25) is 0 Å². The highest BCUT2D eigenvalue weighted by atomic mass is 31.1. The van der Waals surface area contributed by atoms with Crippen LogP contribution in [0.25, 0.3) is 10.8 Å². The van der Waals surface area contributed by atoms with E-state index in [-0.39, 0.29) is 5.52 Å². The number of benzene rings is 4. The normalized spacial score (nSPS) is 10.9. The highest BCUT2D eigenvalue weighted by molar-refractivity contribution is 7.88. The van der Waals surface area contributed by atoms with Crippen molar-refractivity contribution >= 4 is 34.8 Å². The highest BCUT2D eigenvalue weighted by Gasteiger charge is 2.29. The van der Waals surface area contributed by atoms with Gasteiger partial charge in [-0.05, 0) is 28.1 Å². The van der Waals surface area contributed by atoms with Gasteiger partial charge < -0.3 is 9.47 Å². The summed E-state index contributed by atoms with van der Waals surface area (Å²) >= 11 is 0. The maximum absolute atomic E-state index is 14.1. The van der Waals surface area contributed by atoms with Gasteiger partial charge in [0.2, 0.25) is 0 Å². The third kappa shape index (κ3) is 3.62. The quantitative estimate of drug-likeness (QED) is 0.421. The number of carbonyl (C=O) groups excluding carboxylic acids is 1. The van der Waals surface area contributed by atoms with E-state index in [0.29, 0.717) is 17.1 Å². The second-order valence-corrected chi connectivity index (χ2v) is 8.62. The molecule has 0 aliphatic carbocycles. The molecule has 3 nitrogen and oxygen atoms in total. The molecule has 0 fully saturated rings. The predicted molar refractivity (Wildman–Crippen MR) is 120 cm³/mol. The van der Waals surface area contributed by atoms with Gasteiger partial charge in [0, 0.05) is 13.3 Å². The highest BCUT2D eigenvalue weighted by Crippen LogP contribution is 2.44. The van der Waals surface area contributed by atoms with Gasteiger partial charge in [-0.3, -0.25) is 4.79 Å². The van der Waals surface area contributed by atoms with Gasteiger partial charge in [-0.1, -0.05) is 78.9 Å². The maximum Gasteiger partial charge on any atom is 0.197 e. The van der Waals surface area contributed by atoms with Crippen molar-refractivity contribution < 1.29 is 14.3 Å². The Morgan fingerprint density at radius 2 is 1.24 bits per heavy atom. The van der Waals surface area contributed by atoms with Crippen LogP contribution in [0.1, 0.15) is 10.4 Å². The van der Waals surface area contributed by atoms with Crippen LogP contribution >= 0.6 is 7.92 Å². The lowest BCUT2D eigenvalue weighted by Gasteiger charge is -2.21. The Balaban J connectivity index is 1.99. The number of fused-ring (bicyclic) bond motifs is 1. The van der Waals surface area contributed by atoms with Gasteiger partial charge in [-0.2, -0.15) is 0 Å². The molecule has 0 saturated carbocycles. The van der Waals surface area contributed by atoms with E-state index in [0.717, 1.165) is 21.4 Å². The zero-order chi connectivity index (χ0) is 20.2. The van der Waals surface area contributed by atoms with Crippen LogP contribution in [0.4, 0.5) is 0 Å². The number of ether oxygens (including phenoxy) is 2. The fourth-order valence-corrected chi connectivity index (χ4v) is 5.68. The third-order valence-electron chi connectivity index (χ3n) is 4.85. The molecule has 4 aromatic rings. The minimum Gasteiger partial charge on any atom is -0.496 e. The molecule has 144 valence electrons. The van der Waals surface area contributed by atoms with Crippen LogP contribution in [0.3, 0.4) is 0 Å². The third-order valence-corrected chi connectivity index (χ3v) is 7.11. The van der Waals surface area contributed by atoms with E-state index in [4.69, 9.17) is 9.47 Å². The standard InChI is InChI=1S/C25H21O3P/c1-27-21-15-9-10-18-16-17-22(28-2)24(23(18)21)25(26)29(19-11-5-3-6-12-19)20-13-7-4-8-14-20/h3-17H,1-2H3. The first-order valence-corrected chi connectivity index (χ1v) is 10.7. The van der Waals surface area contributed by atoms with Crippen LogP contribution in [0, 0.1) is 0 Å². The Kier molecular flexibility index (Phi) is 5.59. The lowest BCUT2D eigenvalue weighted by atomic mass is 10.0. The first kappa shape index (κ1) is 19.2. The Labute approximate surface area is 171 Å². The second kappa shape index (κ2) is 8.46. The van der Waals surface area contributed by atoms with Gasteiger partial charge in [0.05, 0.1) is 19.8 Å². The summed E-state index contributed by atoms with van der Waals surface area (Å²) in [5.41, 5.74) is 0.616. The molecule has 29 heavy (non-hydrogen) atoms. The largest absolute Gasteiger partial charge is 0.496 e. The van der Waals surface area contributed by atoms with Crippen molar-refractivity contribution in [3.8, 4) is 11.5 Å². The van der Waals surface area contributed by atoms with Crippen LogP contribution < -0.4 is 20.1 Å². The molecule has 0 spiro atoms. The number of hydrogen-bond acceptors (Lipinski definition) is 3. The average molecular weight is 400 g/mol. The molecule has 4 rings (SSSR count). The van der Waals surface area contributed by atoms with E-state index in [9.17, 15) is 4.79 Å². The van der Waals surface area contributed by atoms with E-state index in [1.54, 1.807) is 14.2 Å². The summed E-state index contributed by atoms with van der Waals surface area (Å²) in [5, 5.41) is 3.75. The molecular weight excluding hydrogens is 379 g/mol. The number of hydrogen-bond donors (Lipinski definition) is 0. The summed E-state index contributed by atoms with van der Waals surface area (Å²) < 4.78 is 11.2. The van der Waals surface area contributed by atoms with Crippen LogP contribution in [-0.4, -0.2) is 19.7 Å². The molecule has 0 aliphatic rings. The summed E-state index contributed by atoms with van der Waals surface area (Å²) in [5.74, 6) is 1.23. The molecule has 0 saturated heterocycles. The van der Waals surface area contributed by atoms with Gasteiger partial charge in [0.1, 0.15) is 11.5 Å². The lowest BCUT2D eigenvalue weighted by molar-refractivity contribution is 0.108. The van der Waals surface area contributed by atoms with E-state index in [2.05, 4.69) is 0 Å². The zero-order valence-electron chi connectivity index (χ0n) is 16.3. The molecule has 0 aliphatic heterocycles. The van der Waals surface area contributed by atoms with Crippen LogP contribution in [0.5, 0.6) is 11.5 Å². The molecule has 0 aromatic heterocycles. The fourth-order valence-electron chi connectivity index (χ4n) is 3.53. The van der Waals surface area contributed by atoms with Crippen molar-refractivity contribution in [1.82, 2.24) is 0 Å². The van der Waals surface area contributed by atoms with Crippen molar-refractivity contribution in [2.45, 2.75) is 0 Å². The Morgan fingerprint density at radius 3 is 1.79 bits per heavy atom. The second-order valence-electron chi connectivity index (χ2n) is 6.51. The van der Waals surface area contributed by atoms with Gasteiger partial charge in [0.15, 0.2) is 5.52 Å². The van der Waals surface area contributed by atoms with E-state index in [1.807, 2.05) is 91.0 Å². The van der Waals surface area contributed by atoms with Gasteiger partial charge in [-0.15, -0.1) is 0 Å². The molecule has 0 bridgehead atoms. The van der Waals surface area contributed by atoms with Crippen molar-refractivity contribution in [1.29, 1.82) is 0 Å². The summed E-state index contributed by atoms with van der Waals surface area (Å²) in [7, 11) is 1.95. The number of carbonyl (C=O) groups is 1. The molecule has 4 heteroatoms. The maximum atomic E-state index is 14.1. The predicted octanol–water partition coefficient (Wildman–Crippen LogP) is 5.13. The summed E-state index contributed by atoms with van der Waals surface area (Å²) in [4.78, 5) is 14.1. The van der Waals surface area contributed by atoms with Crippen molar-refractivity contribution in [2.75, 3.05) is 14.2 Å². The van der Waals surface area contributed by atoms with Crippen LogP contribution in [-0.2, 0) is 0 Å². The summed E-state index contributed by atoms with van der Waals surface area (Å²) in [6.45, 7) is 0. The zero-order valence-corrected chi connectivity index (χ0v) is 17.2. The van der Waals surface area contributed by atoms with E-state index >= 15 is 0 Å². The first-order chi connectivity index (χ1) is 14.2. The number of methoxy groups -OCH3 is 2. The van der Waals surface area contributed by atoms with Gasteiger partial charge in [-0.25, -0.2) is 0 Å². The Bertz CT molecular complexity index is 1100. The minimum absolute atomic E-state index is 0.0457. The molecule has 0 amide bonds. The van der Waals surface area contributed by atoms with E-state index < -0.39 is 7.92 Å². The SMILES string of the molecule is COc1ccc2cccc(OC)c2c1C(=O)P(c1ccccc1)c1ccccc1. The van der Waals surface area contributed by atoms with Gasteiger partial charge >= 0.3 is 0 Å². The molecule has 0 atom stereocenters. The first-order valence-electron chi connectivity index (χ1n) is 9.33. The van der Waals surface area contributed by atoms with Crippen molar-refractivity contribution in [2.24, 2.45) is 0 Å². The molecular formula is C25H21O3P. The van der Waals surface area contributed by atoms with Crippen molar-refractivity contribution in [3.05, 3.63) is 96.6 Å². The smallest absolute Gasteiger partial charge is 0.197 e. The monoisotopic (exact) mass is 400 g/mol. The van der Waals surface area contributed by atoms with E-state index in [1.165, 1.54) is 0 Å². The fraction of sp³-hybridized carbons (Fsp3) is 0.0800. The van der Waals surface area contributed by atoms with Crippen molar-refractivity contribution in [3.63, 3.8) is 0 Å². The Morgan fingerprint density at radius 1 is 0.655 bits per heavy atom. The molecule has 0 radical (unpaired) electrons. The summed E-state index contributed by atoms with van der Waals surface area (Å²) in [6.07, 6.45) is 0. The Hall–Kier alpha value is -3.16. The topological polar surface area (TPSA) is 35.5 Å². The number of rotatable bonds is 6. The molecule has 0 N–H and O–H groups in total. The van der Waals surface area contributed by atoms with Crippen LogP contribution in [0.15, 0.2) is 91.0 Å².